The Balaban J connectivity index is 2.04. The van der Waals surface area contributed by atoms with Gasteiger partial charge in [-0.05, 0) is 40.9 Å². The number of nitrogens with zero attached hydrogens (tertiary/aromatic N) is 4. The van der Waals surface area contributed by atoms with Crippen LogP contribution in [-0.4, -0.2) is 42.1 Å². The lowest BCUT2D eigenvalue weighted by Gasteiger charge is -2.37. The van der Waals surface area contributed by atoms with Crippen LogP contribution < -0.4 is 4.90 Å². The molecule has 0 aliphatic carbocycles. The third-order valence-electron chi connectivity index (χ3n) is 3.65. The average molecular weight is 323 g/mol. The smallest absolute Gasteiger partial charge is 0.143 e. The minimum absolute atomic E-state index is 0.0519. The fourth-order valence-corrected chi connectivity index (χ4v) is 2.91. The topological polar surface area (TPSA) is 43.2 Å². The van der Waals surface area contributed by atoms with E-state index in [2.05, 4.69) is 50.6 Å². The van der Waals surface area contributed by atoms with E-state index in [9.17, 15) is 0 Å². The molecule has 5 heteroatoms. The average Bonchev–Trinajstić information content (AvgIpc) is 2.44. The Morgan fingerprint density at radius 3 is 2.68 bits per heavy atom. The number of piperazine rings is 1. The fourth-order valence-electron chi connectivity index (χ4n) is 2.42. The third kappa shape index (κ3) is 3.07. The summed E-state index contributed by atoms with van der Waals surface area (Å²) in [5, 5.41) is 9.12. The van der Waals surface area contributed by atoms with Gasteiger partial charge in [-0.2, -0.15) is 5.26 Å². The van der Waals surface area contributed by atoms with Crippen molar-refractivity contribution in [2.24, 2.45) is 0 Å². The van der Waals surface area contributed by atoms with Crippen LogP contribution in [0.5, 0.6) is 0 Å². The highest BCUT2D eigenvalue weighted by Gasteiger charge is 2.24. The van der Waals surface area contributed by atoms with Gasteiger partial charge < -0.3 is 4.90 Å². The summed E-state index contributed by atoms with van der Waals surface area (Å²) in [6.07, 6.45) is 2.74. The van der Waals surface area contributed by atoms with Crippen molar-refractivity contribution < 1.29 is 0 Å². The largest absolute Gasteiger partial charge is 0.353 e. The molecule has 19 heavy (non-hydrogen) atoms. The maximum absolute atomic E-state index is 9.12. The molecule has 0 N–H and O–H groups in total. The van der Waals surface area contributed by atoms with Crippen molar-refractivity contribution in [3.05, 3.63) is 22.3 Å². The maximum Gasteiger partial charge on any atom is 0.143 e. The van der Waals surface area contributed by atoms with E-state index in [-0.39, 0.29) is 6.04 Å². The predicted molar refractivity (Wildman–Crippen MR) is 80.2 cm³/mol. The van der Waals surface area contributed by atoms with Crippen molar-refractivity contribution in [1.82, 2.24) is 9.88 Å². The number of pyridine rings is 1. The van der Waals surface area contributed by atoms with Gasteiger partial charge in [0.15, 0.2) is 0 Å². The van der Waals surface area contributed by atoms with E-state index in [0.29, 0.717) is 0 Å². The van der Waals surface area contributed by atoms with Crippen LogP contribution in [0.25, 0.3) is 0 Å². The van der Waals surface area contributed by atoms with Gasteiger partial charge in [0.05, 0.1) is 16.6 Å². The van der Waals surface area contributed by atoms with Crippen molar-refractivity contribution >= 4 is 21.7 Å². The van der Waals surface area contributed by atoms with Crippen LogP contribution in [0, 0.1) is 18.3 Å². The molecule has 1 aromatic heterocycles. The van der Waals surface area contributed by atoms with Gasteiger partial charge in [0.25, 0.3) is 0 Å². The number of hydrogen-bond donors (Lipinski definition) is 0. The van der Waals surface area contributed by atoms with Crippen molar-refractivity contribution in [1.29, 1.82) is 5.26 Å². The van der Waals surface area contributed by atoms with Gasteiger partial charge >= 0.3 is 0 Å². The van der Waals surface area contributed by atoms with Crippen LogP contribution in [0.1, 0.15) is 18.9 Å². The zero-order valence-electron chi connectivity index (χ0n) is 11.4. The van der Waals surface area contributed by atoms with Gasteiger partial charge in [-0.15, -0.1) is 0 Å². The summed E-state index contributed by atoms with van der Waals surface area (Å²) in [5.41, 5.74) is 1.20. The minimum atomic E-state index is 0.0519. The van der Waals surface area contributed by atoms with E-state index in [1.807, 2.05) is 12.3 Å². The summed E-state index contributed by atoms with van der Waals surface area (Å²) in [5.74, 6) is 1.02. The van der Waals surface area contributed by atoms with Gasteiger partial charge in [0.2, 0.25) is 0 Å². The Labute approximate surface area is 123 Å². The maximum atomic E-state index is 9.12. The standard InChI is InChI=1S/C14H19BrN4/c1-3-12(10-16)18-6-8-19(9-7-18)14-13(15)11(2)4-5-17-14/h4-5,12H,3,6-9H2,1-2H3. The zero-order chi connectivity index (χ0) is 13.8. The molecule has 1 saturated heterocycles. The Morgan fingerprint density at radius 1 is 1.42 bits per heavy atom. The molecule has 1 aromatic rings. The van der Waals surface area contributed by atoms with Crippen molar-refractivity contribution in [2.45, 2.75) is 26.3 Å². The van der Waals surface area contributed by atoms with E-state index < -0.39 is 0 Å². The molecule has 0 saturated carbocycles. The summed E-state index contributed by atoms with van der Waals surface area (Å²) in [6, 6.07) is 4.44. The molecule has 0 bridgehead atoms. The molecule has 1 unspecified atom stereocenters. The van der Waals surface area contributed by atoms with Crippen LogP contribution in [-0.2, 0) is 0 Å². The van der Waals surface area contributed by atoms with E-state index in [4.69, 9.17) is 5.26 Å². The molecule has 1 aliphatic rings. The normalized spacial score (nSPS) is 18.1. The number of aryl methyl sites for hydroxylation is 1. The molecule has 1 aliphatic heterocycles. The lowest BCUT2D eigenvalue weighted by atomic mass is 10.2. The molecule has 0 amide bonds. The van der Waals surface area contributed by atoms with E-state index in [0.717, 1.165) is 42.9 Å². The van der Waals surface area contributed by atoms with Gasteiger partial charge in [-0.1, -0.05) is 6.92 Å². The monoisotopic (exact) mass is 322 g/mol. The van der Waals surface area contributed by atoms with Crippen molar-refractivity contribution in [3.8, 4) is 6.07 Å². The summed E-state index contributed by atoms with van der Waals surface area (Å²) in [7, 11) is 0. The van der Waals surface area contributed by atoms with Gasteiger partial charge in [0.1, 0.15) is 5.82 Å². The molecule has 4 nitrogen and oxygen atoms in total. The Hall–Kier alpha value is -1.12. The Morgan fingerprint density at radius 2 is 2.11 bits per heavy atom. The molecule has 0 spiro atoms. The highest BCUT2D eigenvalue weighted by Crippen LogP contribution is 2.27. The van der Waals surface area contributed by atoms with Crippen LogP contribution in [0.15, 0.2) is 16.7 Å². The predicted octanol–water partition coefficient (Wildman–Crippen LogP) is 2.58. The lowest BCUT2D eigenvalue weighted by molar-refractivity contribution is 0.216. The molecule has 2 rings (SSSR count). The Kier molecular flexibility index (Phi) is 4.78. The van der Waals surface area contributed by atoms with Crippen molar-refractivity contribution in [3.63, 3.8) is 0 Å². The number of halogens is 1. The van der Waals surface area contributed by atoms with Crippen molar-refractivity contribution in [2.75, 3.05) is 31.1 Å². The second-order valence-electron chi connectivity index (χ2n) is 4.84. The first-order valence-electron chi connectivity index (χ1n) is 6.67. The summed E-state index contributed by atoms with van der Waals surface area (Å²) < 4.78 is 1.08. The molecule has 0 aromatic carbocycles. The SMILES string of the molecule is CCC(C#N)N1CCN(c2nccc(C)c2Br)CC1. The molecule has 102 valence electrons. The molecular weight excluding hydrogens is 304 g/mol. The summed E-state index contributed by atoms with van der Waals surface area (Å²) in [6.45, 7) is 7.84. The quantitative estimate of drug-likeness (QED) is 0.857. The van der Waals surface area contributed by atoms with E-state index in [1.54, 1.807) is 0 Å². The minimum Gasteiger partial charge on any atom is -0.353 e. The van der Waals surface area contributed by atoms with Gasteiger partial charge in [-0.3, -0.25) is 4.90 Å². The number of anilines is 1. The first-order valence-corrected chi connectivity index (χ1v) is 7.46. The Bertz CT molecular complexity index is 475. The number of hydrogen-bond acceptors (Lipinski definition) is 4. The van der Waals surface area contributed by atoms with Crippen LogP contribution >= 0.6 is 15.9 Å². The second-order valence-corrected chi connectivity index (χ2v) is 5.63. The molecule has 2 heterocycles. The number of aromatic nitrogens is 1. The lowest BCUT2D eigenvalue weighted by Crippen LogP contribution is -2.50. The third-order valence-corrected chi connectivity index (χ3v) is 4.63. The zero-order valence-corrected chi connectivity index (χ0v) is 13.0. The second kappa shape index (κ2) is 6.36. The first kappa shape index (κ1) is 14.3. The number of nitriles is 1. The van der Waals surface area contributed by atoms with Gasteiger partial charge in [0, 0.05) is 32.4 Å². The molecule has 0 radical (unpaired) electrons. The van der Waals surface area contributed by atoms with Crippen LogP contribution in [0.3, 0.4) is 0 Å². The summed E-state index contributed by atoms with van der Waals surface area (Å²) >= 11 is 3.62. The summed E-state index contributed by atoms with van der Waals surface area (Å²) in [4.78, 5) is 9.02. The van der Waals surface area contributed by atoms with E-state index in [1.165, 1.54) is 5.56 Å². The van der Waals surface area contributed by atoms with Gasteiger partial charge in [-0.25, -0.2) is 4.98 Å². The number of rotatable bonds is 3. The first-order chi connectivity index (χ1) is 9.17. The van der Waals surface area contributed by atoms with Crippen LogP contribution in [0.4, 0.5) is 5.82 Å². The highest BCUT2D eigenvalue weighted by molar-refractivity contribution is 9.10. The van der Waals surface area contributed by atoms with Crippen LogP contribution in [0.2, 0.25) is 0 Å². The van der Waals surface area contributed by atoms with E-state index >= 15 is 0 Å². The fraction of sp³-hybridized carbons (Fsp3) is 0.571. The molecule has 1 fully saturated rings. The molecular formula is C14H19BrN4. The molecule has 1 atom stereocenters. The highest BCUT2D eigenvalue weighted by atomic mass is 79.9.